The molecule has 2 aliphatic rings. The maximum atomic E-state index is 13.9. The predicted octanol–water partition coefficient (Wildman–Crippen LogP) is 5.93. The molecule has 0 fully saturated rings. The van der Waals surface area contributed by atoms with Crippen molar-refractivity contribution in [1.82, 2.24) is 0 Å². The highest BCUT2D eigenvalue weighted by Crippen LogP contribution is 2.56. The van der Waals surface area contributed by atoms with E-state index in [1.165, 1.54) is 0 Å². The second-order valence-electron chi connectivity index (χ2n) is 7.76. The van der Waals surface area contributed by atoms with Crippen LogP contribution >= 0.6 is 10.8 Å². The van der Waals surface area contributed by atoms with Gasteiger partial charge in [-0.15, -0.1) is 4.40 Å². The second-order valence-corrected chi connectivity index (χ2v) is 9.42. The number of para-hydroxylation sites is 1. The minimum atomic E-state index is -3.50. The van der Waals surface area contributed by atoms with E-state index in [2.05, 4.69) is 9.71 Å². The monoisotopic (exact) mass is 426 g/mol. The zero-order valence-electron chi connectivity index (χ0n) is 17.1. The quantitative estimate of drug-likeness (QED) is 0.475. The normalized spacial score (nSPS) is 20.0. The van der Waals surface area contributed by atoms with Crippen molar-refractivity contribution in [3.63, 3.8) is 0 Å². The van der Waals surface area contributed by atoms with Crippen LogP contribution < -0.4 is 5.32 Å². The Morgan fingerprint density at radius 2 is 1.63 bits per heavy atom. The lowest BCUT2D eigenvalue weighted by molar-refractivity contribution is -0.121. The molecule has 2 aromatic rings. The Bertz CT molecular complexity index is 1070. The van der Waals surface area contributed by atoms with Gasteiger partial charge in [-0.25, -0.2) is 0 Å². The molecule has 1 aliphatic carbocycles. The Morgan fingerprint density at radius 3 is 2.33 bits per heavy atom. The van der Waals surface area contributed by atoms with Gasteiger partial charge in [0.15, 0.2) is 11.6 Å². The molecule has 30 heavy (non-hydrogen) atoms. The lowest BCUT2D eigenvalue weighted by atomic mass is 9.63. The van der Waals surface area contributed by atoms with Crippen molar-refractivity contribution in [3.05, 3.63) is 65.2 Å². The first kappa shape index (κ1) is 20.7. The molecule has 0 bridgehead atoms. The van der Waals surface area contributed by atoms with E-state index in [1.54, 1.807) is 30.3 Å². The van der Waals surface area contributed by atoms with Gasteiger partial charge in [-0.2, -0.15) is 0 Å². The number of hydrogen-bond donors (Lipinski definition) is 4. The minimum Gasteiger partial charge on any atom is -0.506 e. The number of rotatable bonds is 5. The van der Waals surface area contributed by atoms with Gasteiger partial charge in [-0.05, 0) is 30.5 Å². The van der Waals surface area contributed by atoms with Crippen LogP contribution in [0.25, 0.3) is 5.76 Å². The summed E-state index contributed by atoms with van der Waals surface area (Å²) in [6.07, 6.45) is 2.86. The lowest BCUT2D eigenvalue weighted by Gasteiger charge is -2.40. The van der Waals surface area contributed by atoms with Crippen molar-refractivity contribution in [2.24, 2.45) is 4.40 Å². The standard InChI is InChI=1S/C23H26N2O4S/c1-3-13-23(14-4-2)16-10-6-5-9-15(16)20(26)19(21(23)27)22-24-17-11-7-8-12-18(17)30(28,29)25-22/h5-12,26,28-29H,3-4,13-14H2,1-2H3,(H,24,25). The number of Topliss-reactive ketones (excluding diaryl/α,β-unsaturated/α-hetero) is 1. The summed E-state index contributed by atoms with van der Waals surface area (Å²) in [5.41, 5.74) is 1.11. The molecule has 4 rings (SSSR count). The average Bonchev–Trinajstić information content (AvgIpc) is 2.72. The summed E-state index contributed by atoms with van der Waals surface area (Å²) in [7, 11) is -3.50. The van der Waals surface area contributed by atoms with E-state index in [9.17, 15) is 19.0 Å². The number of amidine groups is 1. The number of aliphatic hydroxyl groups is 1. The highest BCUT2D eigenvalue weighted by atomic mass is 32.3. The van der Waals surface area contributed by atoms with Gasteiger partial charge in [-0.3, -0.25) is 13.9 Å². The molecule has 0 unspecified atom stereocenters. The van der Waals surface area contributed by atoms with E-state index in [0.717, 1.165) is 18.4 Å². The summed E-state index contributed by atoms with van der Waals surface area (Å²) < 4.78 is 25.4. The Labute approximate surface area is 177 Å². The number of nitrogens with one attached hydrogen (secondary N) is 1. The Hall–Kier alpha value is -2.61. The zero-order chi connectivity index (χ0) is 21.5. The first-order chi connectivity index (χ1) is 14.4. The fourth-order valence-corrected chi connectivity index (χ4v) is 5.81. The molecule has 7 heteroatoms. The van der Waals surface area contributed by atoms with Gasteiger partial charge in [0, 0.05) is 5.56 Å². The van der Waals surface area contributed by atoms with Crippen LogP contribution in [0.4, 0.5) is 5.69 Å². The molecule has 0 aromatic heterocycles. The molecule has 0 spiro atoms. The zero-order valence-corrected chi connectivity index (χ0v) is 17.9. The molecular weight excluding hydrogens is 400 g/mol. The van der Waals surface area contributed by atoms with Gasteiger partial charge in [0.2, 0.25) is 0 Å². The Kier molecular flexibility index (Phi) is 5.22. The molecule has 1 aliphatic heterocycles. The molecule has 0 amide bonds. The average molecular weight is 427 g/mol. The first-order valence-corrected chi connectivity index (χ1v) is 11.7. The number of fused-ring (bicyclic) bond motifs is 2. The molecule has 1 heterocycles. The Balaban J connectivity index is 1.94. The number of carbonyl (C=O) groups excluding carboxylic acids is 1. The molecule has 0 saturated heterocycles. The topological polar surface area (TPSA) is 102 Å². The summed E-state index contributed by atoms with van der Waals surface area (Å²) in [6, 6.07) is 14.1. The van der Waals surface area contributed by atoms with Gasteiger partial charge in [0.25, 0.3) is 0 Å². The molecule has 0 radical (unpaired) electrons. The fraction of sp³-hybridized carbons (Fsp3) is 0.304. The molecule has 6 nitrogen and oxygen atoms in total. The van der Waals surface area contributed by atoms with Crippen molar-refractivity contribution in [2.45, 2.75) is 49.8 Å². The van der Waals surface area contributed by atoms with E-state index in [4.69, 9.17) is 0 Å². The van der Waals surface area contributed by atoms with Crippen molar-refractivity contribution in [1.29, 1.82) is 0 Å². The first-order valence-electron chi connectivity index (χ1n) is 10.2. The van der Waals surface area contributed by atoms with Crippen LogP contribution in [-0.4, -0.2) is 25.8 Å². The van der Waals surface area contributed by atoms with Crippen LogP contribution in [0.15, 0.2) is 63.4 Å². The molecular formula is C23H26N2O4S. The van der Waals surface area contributed by atoms with E-state index >= 15 is 0 Å². The molecule has 0 saturated carbocycles. The second kappa shape index (κ2) is 7.58. The SMILES string of the molecule is CCCC1(CCC)C(=O)C(C2=NS(O)(O)c3ccccc3N2)=C(O)c2ccccc21. The van der Waals surface area contributed by atoms with Crippen molar-refractivity contribution < 1.29 is 19.0 Å². The highest BCUT2D eigenvalue weighted by molar-refractivity contribution is 8.23. The fourth-order valence-electron chi connectivity index (χ4n) is 4.65. The third-order valence-electron chi connectivity index (χ3n) is 5.84. The summed E-state index contributed by atoms with van der Waals surface area (Å²) in [5, 5.41) is 14.2. The maximum absolute atomic E-state index is 13.9. The van der Waals surface area contributed by atoms with Gasteiger partial charge in [-0.1, -0.05) is 73.9 Å². The number of carbonyl (C=O) groups is 1. The number of aliphatic hydroxyl groups excluding tert-OH is 1. The smallest absolute Gasteiger partial charge is 0.180 e. The third kappa shape index (κ3) is 3.05. The van der Waals surface area contributed by atoms with E-state index in [-0.39, 0.29) is 27.8 Å². The highest BCUT2D eigenvalue weighted by Gasteiger charge is 2.48. The summed E-state index contributed by atoms with van der Waals surface area (Å²) in [5.74, 6) is -0.412. The van der Waals surface area contributed by atoms with Gasteiger partial charge >= 0.3 is 0 Å². The van der Waals surface area contributed by atoms with E-state index in [0.29, 0.717) is 24.1 Å². The van der Waals surface area contributed by atoms with Gasteiger partial charge < -0.3 is 10.4 Å². The summed E-state index contributed by atoms with van der Waals surface area (Å²) in [4.78, 5) is 14.2. The Morgan fingerprint density at radius 1 is 1.00 bits per heavy atom. The lowest BCUT2D eigenvalue weighted by Crippen LogP contribution is -2.44. The van der Waals surface area contributed by atoms with Crippen LogP contribution in [0.3, 0.4) is 0 Å². The van der Waals surface area contributed by atoms with Gasteiger partial charge in [0.1, 0.15) is 16.2 Å². The number of nitrogens with zero attached hydrogens (tertiary/aromatic N) is 1. The van der Waals surface area contributed by atoms with Crippen molar-refractivity contribution in [3.8, 4) is 0 Å². The minimum absolute atomic E-state index is 0.00211. The molecule has 2 aromatic carbocycles. The summed E-state index contributed by atoms with van der Waals surface area (Å²) in [6.45, 7) is 4.07. The third-order valence-corrected chi connectivity index (χ3v) is 7.22. The van der Waals surface area contributed by atoms with Crippen molar-refractivity contribution in [2.75, 3.05) is 5.32 Å². The summed E-state index contributed by atoms with van der Waals surface area (Å²) >= 11 is 0. The van der Waals surface area contributed by atoms with E-state index < -0.39 is 16.2 Å². The largest absolute Gasteiger partial charge is 0.506 e. The number of benzene rings is 2. The number of ketones is 1. The maximum Gasteiger partial charge on any atom is 0.180 e. The molecule has 0 atom stereocenters. The van der Waals surface area contributed by atoms with Crippen LogP contribution in [-0.2, 0) is 10.2 Å². The molecule has 158 valence electrons. The van der Waals surface area contributed by atoms with Crippen LogP contribution in [0.5, 0.6) is 0 Å². The van der Waals surface area contributed by atoms with Crippen LogP contribution in [0.2, 0.25) is 0 Å². The number of anilines is 1. The van der Waals surface area contributed by atoms with Gasteiger partial charge in [0.05, 0.1) is 11.1 Å². The predicted molar refractivity (Wildman–Crippen MR) is 121 cm³/mol. The van der Waals surface area contributed by atoms with Crippen LogP contribution in [0, 0.1) is 0 Å². The number of hydrogen-bond acceptors (Lipinski definition) is 6. The van der Waals surface area contributed by atoms with Crippen molar-refractivity contribution >= 4 is 33.8 Å². The molecule has 4 N–H and O–H groups in total. The van der Waals surface area contributed by atoms with Crippen LogP contribution in [0.1, 0.15) is 50.7 Å². The van der Waals surface area contributed by atoms with E-state index in [1.807, 2.05) is 32.0 Å².